The number of carbonyl (C=O) groups is 2. The summed E-state index contributed by atoms with van der Waals surface area (Å²) in [7, 11) is 1.53. The lowest BCUT2D eigenvalue weighted by Gasteiger charge is -2.22. The topological polar surface area (TPSA) is 69.0 Å². The first-order chi connectivity index (χ1) is 14.6. The highest BCUT2D eigenvalue weighted by molar-refractivity contribution is 5.94. The van der Waals surface area contributed by atoms with Crippen LogP contribution in [0.1, 0.15) is 35.9 Å². The SMILES string of the molecule is COc1cc(C(C)=O)ccc1OCCCC(=O)N(Cc1ccco1)c1ccccc1. The van der Waals surface area contributed by atoms with Crippen molar-refractivity contribution < 1.29 is 23.5 Å². The maximum absolute atomic E-state index is 12.9. The number of carbonyl (C=O) groups excluding carboxylic acids is 2. The Bertz CT molecular complexity index is 967. The molecule has 1 heterocycles. The molecular weight excluding hydrogens is 382 g/mol. The number of methoxy groups -OCH3 is 1. The molecule has 1 amide bonds. The smallest absolute Gasteiger partial charge is 0.227 e. The minimum absolute atomic E-state index is 0.0138. The zero-order chi connectivity index (χ0) is 21.3. The Balaban J connectivity index is 1.59. The van der Waals surface area contributed by atoms with Crippen LogP contribution < -0.4 is 14.4 Å². The van der Waals surface area contributed by atoms with Crippen molar-refractivity contribution in [3.8, 4) is 11.5 Å². The molecule has 30 heavy (non-hydrogen) atoms. The molecule has 3 rings (SSSR count). The monoisotopic (exact) mass is 407 g/mol. The van der Waals surface area contributed by atoms with Crippen molar-refractivity contribution in [1.29, 1.82) is 0 Å². The molecule has 0 saturated carbocycles. The van der Waals surface area contributed by atoms with Gasteiger partial charge in [0, 0.05) is 17.7 Å². The molecule has 0 radical (unpaired) electrons. The first-order valence-electron chi connectivity index (χ1n) is 9.78. The fourth-order valence-electron chi connectivity index (χ4n) is 3.04. The van der Waals surface area contributed by atoms with Crippen molar-refractivity contribution in [2.45, 2.75) is 26.3 Å². The van der Waals surface area contributed by atoms with Gasteiger partial charge in [-0.05, 0) is 55.8 Å². The van der Waals surface area contributed by atoms with Crippen molar-refractivity contribution in [3.05, 3.63) is 78.3 Å². The van der Waals surface area contributed by atoms with Crippen molar-refractivity contribution >= 4 is 17.4 Å². The fourth-order valence-corrected chi connectivity index (χ4v) is 3.04. The van der Waals surface area contributed by atoms with Crippen molar-refractivity contribution in [2.24, 2.45) is 0 Å². The quantitative estimate of drug-likeness (QED) is 0.354. The number of rotatable bonds is 10. The van der Waals surface area contributed by atoms with E-state index in [1.165, 1.54) is 14.0 Å². The summed E-state index contributed by atoms with van der Waals surface area (Å²) in [5.41, 5.74) is 1.38. The Morgan fingerprint density at radius 1 is 1.00 bits per heavy atom. The van der Waals surface area contributed by atoms with Gasteiger partial charge in [-0.15, -0.1) is 0 Å². The molecule has 0 aliphatic heterocycles. The van der Waals surface area contributed by atoms with Crippen molar-refractivity contribution in [2.75, 3.05) is 18.6 Å². The standard InChI is InChI=1S/C24H25NO5/c1-18(26)19-12-13-22(23(16-19)28-2)30-15-7-11-24(27)25(17-21-10-6-14-29-21)20-8-4-3-5-9-20/h3-6,8-10,12-14,16H,7,11,15,17H2,1-2H3. The second kappa shape index (κ2) is 10.3. The second-order valence-corrected chi connectivity index (χ2v) is 6.77. The molecule has 0 fully saturated rings. The van der Waals surface area contributed by atoms with Gasteiger partial charge in [-0.25, -0.2) is 0 Å². The highest BCUT2D eigenvalue weighted by Crippen LogP contribution is 2.28. The predicted molar refractivity (Wildman–Crippen MR) is 114 cm³/mol. The Kier molecular flexibility index (Phi) is 7.27. The van der Waals surface area contributed by atoms with E-state index in [4.69, 9.17) is 13.9 Å². The van der Waals surface area contributed by atoms with Crippen LogP contribution in [0.15, 0.2) is 71.3 Å². The summed E-state index contributed by atoms with van der Waals surface area (Å²) in [6, 6.07) is 18.2. The second-order valence-electron chi connectivity index (χ2n) is 6.77. The zero-order valence-electron chi connectivity index (χ0n) is 17.2. The van der Waals surface area contributed by atoms with Crippen LogP contribution in [-0.4, -0.2) is 25.4 Å². The number of hydrogen-bond acceptors (Lipinski definition) is 5. The molecular formula is C24H25NO5. The molecule has 0 saturated heterocycles. The first-order valence-corrected chi connectivity index (χ1v) is 9.78. The number of para-hydroxylation sites is 1. The van der Waals surface area contributed by atoms with Gasteiger partial charge in [0.15, 0.2) is 17.3 Å². The van der Waals surface area contributed by atoms with Crippen LogP contribution in [0.5, 0.6) is 11.5 Å². The summed E-state index contributed by atoms with van der Waals surface area (Å²) in [5, 5.41) is 0. The van der Waals surface area contributed by atoms with Gasteiger partial charge in [0.1, 0.15) is 5.76 Å². The molecule has 0 aliphatic rings. The van der Waals surface area contributed by atoms with Crippen molar-refractivity contribution in [3.63, 3.8) is 0 Å². The van der Waals surface area contributed by atoms with E-state index in [0.717, 1.165) is 11.4 Å². The highest BCUT2D eigenvalue weighted by Gasteiger charge is 2.17. The lowest BCUT2D eigenvalue weighted by Crippen LogP contribution is -2.30. The summed E-state index contributed by atoms with van der Waals surface area (Å²) in [6.07, 6.45) is 2.46. The van der Waals surface area contributed by atoms with Crippen molar-refractivity contribution in [1.82, 2.24) is 0 Å². The van der Waals surface area contributed by atoms with Crippen LogP contribution in [0, 0.1) is 0 Å². The molecule has 0 atom stereocenters. The van der Waals surface area contributed by atoms with Crippen LogP contribution >= 0.6 is 0 Å². The average Bonchev–Trinajstić information content (AvgIpc) is 3.28. The molecule has 0 unspecified atom stereocenters. The van der Waals surface area contributed by atoms with Crippen LogP contribution in [-0.2, 0) is 11.3 Å². The molecule has 6 heteroatoms. The summed E-state index contributed by atoms with van der Waals surface area (Å²) < 4.78 is 16.5. The minimum Gasteiger partial charge on any atom is -0.493 e. The predicted octanol–water partition coefficient (Wildman–Crippen LogP) is 4.88. The first kappa shape index (κ1) is 21.2. The van der Waals surface area contributed by atoms with E-state index in [1.54, 1.807) is 29.4 Å². The van der Waals surface area contributed by atoms with E-state index < -0.39 is 0 Å². The number of Topliss-reactive ketones (excluding diaryl/α,β-unsaturated/α-hetero) is 1. The summed E-state index contributed by atoms with van der Waals surface area (Å²) in [5.74, 6) is 1.71. The van der Waals surface area contributed by atoms with E-state index in [1.807, 2.05) is 42.5 Å². The molecule has 3 aromatic rings. The lowest BCUT2D eigenvalue weighted by molar-refractivity contribution is -0.119. The Morgan fingerprint density at radius 3 is 2.47 bits per heavy atom. The van der Waals surface area contributed by atoms with E-state index in [9.17, 15) is 9.59 Å². The van der Waals surface area contributed by atoms with Gasteiger partial charge in [-0.1, -0.05) is 18.2 Å². The summed E-state index contributed by atoms with van der Waals surface area (Å²) >= 11 is 0. The number of ketones is 1. The number of hydrogen-bond donors (Lipinski definition) is 0. The van der Waals surface area contributed by atoms with Gasteiger partial charge < -0.3 is 18.8 Å². The van der Waals surface area contributed by atoms with Gasteiger partial charge in [0.2, 0.25) is 5.91 Å². The van der Waals surface area contributed by atoms with Gasteiger partial charge in [0.25, 0.3) is 0 Å². The maximum Gasteiger partial charge on any atom is 0.227 e. The van der Waals surface area contributed by atoms with Crippen LogP contribution in [0.3, 0.4) is 0 Å². The molecule has 0 spiro atoms. The molecule has 2 aromatic carbocycles. The third-order valence-electron chi connectivity index (χ3n) is 4.63. The molecule has 0 aliphatic carbocycles. The van der Waals surface area contributed by atoms with E-state index in [2.05, 4.69) is 0 Å². The van der Waals surface area contributed by atoms with Crippen LogP contribution in [0.4, 0.5) is 5.69 Å². The van der Waals surface area contributed by atoms with E-state index >= 15 is 0 Å². The largest absolute Gasteiger partial charge is 0.493 e. The molecule has 6 nitrogen and oxygen atoms in total. The van der Waals surface area contributed by atoms with E-state index in [0.29, 0.717) is 43.1 Å². The number of amides is 1. The van der Waals surface area contributed by atoms with Gasteiger partial charge in [-0.3, -0.25) is 9.59 Å². The van der Waals surface area contributed by atoms with Gasteiger partial charge >= 0.3 is 0 Å². The Labute approximate surface area is 176 Å². The number of benzene rings is 2. The maximum atomic E-state index is 12.9. The molecule has 156 valence electrons. The normalized spacial score (nSPS) is 10.5. The average molecular weight is 407 g/mol. The van der Waals surface area contributed by atoms with Crippen LogP contribution in [0.2, 0.25) is 0 Å². The molecule has 0 bridgehead atoms. The van der Waals surface area contributed by atoms with Gasteiger partial charge in [-0.2, -0.15) is 0 Å². The summed E-state index contributed by atoms with van der Waals surface area (Å²) in [6.45, 7) is 2.23. The highest BCUT2D eigenvalue weighted by atomic mass is 16.5. The minimum atomic E-state index is -0.0389. The number of nitrogens with zero attached hydrogens (tertiary/aromatic N) is 1. The third-order valence-corrected chi connectivity index (χ3v) is 4.63. The van der Waals surface area contributed by atoms with E-state index in [-0.39, 0.29) is 11.7 Å². The zero-order valence-corrected chi connectivity index (χ0v) is 17.2. The lowest BCUT2D eigenvalue weighted by atomic mass is 10.1. The number of ether oxygens (including phenoxy) is 2. The number of anilines is 1. The third kappa shape index (κ3) is 5.50. The van der Waals surface area contributed by atoms with Crippen LogP contribution in [0.25, 0.3) is 0 Å². The number of furan rings is 1. The van der Waals surface area contributed by atoms with Gasteiger partial charge in [0.05, 0.1) is 26.5 Å². The Morgan fingerprint density at radius 2 is 1.80 bits per heavy atom. The molecule has 1 aromatic heterocycles. The summed E-state index contributed by atoms with van der Waals surface area (Å²) in [4.78, 5) is 26.1. The molecule has 0 N–H and O–H groups in total. The Hall–Kier alpha value is -3.54. The fraction of sp³-hybridized carbons (Fsp3) is 0.250.